The maximum Gasteiger partial charge on any atom is 0.268 e. The fourth-order valence-electron chi connectivity index (χ4n) is 2.76. The van der Waals surface area contributed by atoms with Gasteiger partial charge in [0.15, 0.2) is 11.5 Å². The number of amides is 1. The third-order valence-electron chi connectivity index (χ3n) is 4.29. The number of nitrogens with one attached hydrogen (secondary N) is 1. The van der Waals surface area contributed by atoms with E-state index in [4.69, 9.17) is 14.2 Å². The monoisotopic (exact) mass is 464 g/mol. The number of hydrogen-bond acceptors (Lipinski definition) is 8. The molecule has 9 heteroatoms. The Labute approximate surface area is 196 Å². The van der Waals surface area contributed by atoms with Crippen molar-refractivity contribution in [1.29, 1.82) is 5.26 Å². The lowest BCUT2D eigenvalue weighted by molar-refractivity contribution is -0.112. The Kier molecular flexibility index (Phi) is 8.79. The predicted molar refractivity (Wildman–Crippen MR) is 127 cm³/mol. The van der Waals surface area contributed by atoms with Crippen molar-refractivity contribution in [3.63, 3.8) is 0 Å². The Balaban J connectivity index is 1.66. The van der Waals surface area contributed by atoms with Gasteiger partial charge in [0, 0.05) is 0 Å². The highest BCUT2D eigenvalue weighted by Gasteiger charge is 2.14. The van der Waals surface area contributed by atoms with Crippen LogP contribution in [0.15, 0.2) is 54.1 Å². The molecule has 3 rings (SSSR count). The summed E-state index contributed by atoms with van der Waals surface area (Å²) in [5, 5.41) is 21.1. The highest BCUT2D eigenvalue weighted by atomic mass is 32.1. The van der Waals surface area contributed by atoms with Crippen LogP contribution in [0.3, 0.4) is 0 Å². The van der Waals surface area contributed by atoms with Crippen molar-refractivity contribution in [1.82, 2.24) is 10.2 Å². The summed E-state index contributed by atoms with van der Waals surface area (Å²) < 4.78 is 17.1. The van der Waals surface area contributed by atoms with Gasteiger partial charge in [-0.25, -0.2) is 0 Å². The first kappa shape index (κ1) is 23.8. The first-order valence-electron chi connectivity index (χ1n) is 10.5. The molecule has 170 valence electrons. The molecule has 2 aromatic carbocycles. The molecule has 0 spiro atoms. The lowest BCUT2D eigenvalue weighted by atomic mass is 10.1. The Morgan fingerprint density at radius 2 is 1.85 bits per heavy atom. The molecule has 0 aliphatic carbocycles. The average molecular weight is 465 g/mol. The van der Waals surface area contributed by atoms with Gasteiger partial charge in [-0.3, -0.25) is 10.1 Å². The number of carbonyl (C=O) groups is 1. The molecule has 0 unspecified atom stereocenters. The van der Waals surface area contributed by atoms with Gasteiger partial charge in [-0.2, -0.15) is 5.26 Å². The molecule has 8 nitrogen and oxygen atoms in total. The zero-order valence-electron chi connectivity index (χ0n) is 18.4. The van der Waals surface area contributed by atoms with Gasteiger partial charge >= 0.3 is 0 Å². The molecule has 0 saturated heterocycles. The fraction of sp³-hybridized carbons (Fsp3) is 0.250. The van der Waals surface area contributed by atoms with Gasteiger partial charge in [-0.05, 0) is 49.2 Å². The van der Waals surface area contributed by atoms with Crippen LogP contribution in [0.4, 0.5) is 5.13 Å². The molecule has 1 heterocycles. The summed E-state index contributed by atoms with van der Waals surface area (Å²) in [6.07, 6.45) is 2.21. The van der Waals surface area contributed by atoms with E-state index >= 15 is 0 Å². The van der Waals surface area contributed by atoms with Crippen LogP contribution in [0.25, 0.3) is 6.08 Å². The summed E-state index contributed by atoms with van der Waals surface area (Å²) in [7, 11) is 0. The van der Waals surface area contributed by atoms with Gasteiger partial charge in [-0.1, -0.05) is 42.5 Å². The molecule has 0 fully saturated rings. The largest absolute Gasteiger partial charge is 0.490 e. The van der Waals surface area contributed by atoms with E-state index < -0.39 is 5.91 Å². The number of hydrogen-bond donors (Lipinski definition) is 1. The van der Waals surface area contributed by atoms with E-state index in [1.54, 1.807) is 18.2 Å². The highest BCUT2D eigenvalue weighted by molar-refractivity contribution is 7.15. The van der Waals surface area contributed by atoms with Crippen molar-refractivity contribution in [2.75, 3.05) is 25.1 Å². The molecule has 1 N–H and O–H groups in total. The van der Waals surface area contributed by atoms with E-state index in [0.717, 1.165) is 17.2 Å². The average Bonchev–Trinajstić information content (AvgIpc) is 3.29. The molecule has 0 aliphatic rings. The van der Waals surface area contributed by atoms with E-state index in [0.29, 0.717) is 42.0 Å². The summed E-state index contributed by atoms with van der Waals surface area (Å²) in [6, 6.07) is 16.6. The molecule has 0 radical (unpaired) electrons. The van der Waals surface area contributed by atoms with E-state index in [1.165, 1.54) is 17.4 Å². The minimum atomic E-state index is -0.548. The summed E-state index contributed by atoms with van der Waals surface area (Å²) in [5.41, 5.74) is 0.570. The number of ether oxygens (including phenoxy) is 3. The second-order valence-electron chi connectivity index (χ2n) is 6.63. The zero-order valence-corrected chi connectivity index (χ0v) is 19.2. The van der Waals surface area contributed by atoms with Crippen LogP contribution < -0.4 is 19.5 Å². The molecule has 0 aliphatic heterocycles. The van der Waals surface area contributed by atoms with E-state index in [-0.39, 0.29) is 5.57 Å². The minimum Gasteiger partial charge on any atom is -0.490 e. The summed E-state index contributed by atoms with van der Waals surface area (Å²) in [4.78, 5) is 12.5. The van der Waals surface area contributed by atoms with Gasteiger partial charge < -0.3 is 14.2 Å². The molecule has 3 aromatic rings. The van der Waals surface area contributed by atoms with Gasteiger partial charge in [-0.15, -0.1) is 10.2 Å². The molecular weight excluding hydrogens is 440 g/mol. The number of aryl methyl sites for hydroxylation is 1. The summed E-state index contributed by atoms with van der Waals surface area (Å²) >= 11 is 1.28. The van der Waals surface area contributed by atoms with Crippen LogP contribution in [0.5, 0.6) is 17.2 Å². The maximum atomic E-state index is 12.5. The van der Waals surface area contributed by atoms with Crippen LogP contribution in [0.2, 0.25) is 0 Å². The van der Waals surface area contributed by atoms with E-state index in [2.05, 4.69) is 15.5 Å². The van der Waals surface area contributed by atoms with Crippen molar-refractivity contribution in [3.05, 3.63) is 64.7 Å². The molecule has 0 bridgehead atoms. The summed E-state index contributed by atoms with van der Waals surface area (Å²) in [6.45, 7) is 4.96. The van der Waals surface area contributed by atoms with Crippen molar-refractivity contribution < 1.29 is 19.0 Å². The van der Waals surface area contributed by atoms with E-state index in [1.807, 2.05) is 50.2 Å². The van der Waals surface area contributed by atoms with E-state index in [9.17, 15) is 10.1 Å². The molecule has 0 saturated carbocycles. The van der Waals surface area contributed by atoms with Crippen LogP contribution in [0.1, 0.15) is 24.4 Å². The lowest BCUT2D eigenvalue weighted by Crippen LogP contribution is -2.13. The number of nitrogens with zero attached hydrogens (tertiary/aromatic N) is 3. The van der Waals surface area contributed by atoms with Crippen LogP contribution in [-0.4, -0.2) is 35.9 Å². The lowest BCUT2D eigenvalue weighted by Gasteiger charge is -2.13. The number of nitriles is 1. The van der Waals surface area contributed by atoms with Gasteiger partial charge in [0.2, 0.25) is 5.13 Å². The Bertz CT molecular complexity index is 1140. The second kappa shape index (κ2) is 12.2. The highest BCUT2D eigenvalue weighted by Crippen LogP contribution is 2.29. The molecule has 0 atom stereocenters. The Hall–Kier alpha value is -3.90. The first-order chi connectivity index (χ1) is 16.1. The van der Waals surface area contributed by atoms with Crippen LogP contribution in [-0.2, 0) is 11.2 Å². The van der Waals surface area contributed by atoms with Gasteiger partial charge in [0.1, 0.15) is 35.6 Å². The minimum absolute atomic E-state index is 0.0596. The molecule has 1 amide bonds. The zero-order chi connectivity index (χ0) is 23.5. The Morgan fingerprint density at radius 1 is 1.06 bits per heavy atom. The molecular formula is C24H24N4O4S. The number of carbonyl (C=O) groups excluding carboxylic acids is 1. The summed E-state index contributed by atoms with van der Waals surface area (Å²) in [5.74, 6) is 1.29. The fourth-order valence-corrected chi connectivity index (χ4v) is 3.43. The molecule has 1 aromatic heterocycles. The topological polar surface area (TPSA) is 106 Å². The van der Waals surface area contributed by atoms with Gasteiger partial charge in [0.25, 0.3) is 5.91 Å². The standard InChI is InChI=1S/C24H24N4O4S/c1-3-22-27-28-24(33-22)26-23(29)18(16-25)14-17-10-11-20(21(15-17)30-4-2)32-13-12-31-19-8-6-5-7-9-19/h5-11,14-15H,3-4,12-13H2,1-2H3,(H,26,28,29)/b18-14-. The number of anilines is 1. The second-order valence-corrected chi connectivity index (χ2v) is 7.69. The number of aromatic nitrogens is 2. The van der Waals surface area contributed by atoms with Crippen molar-refractivity contribution in [2.45, 2.75) is 20.3 Å². The Morgan fingerprint density at radius 3 is 2.55 bits per heavy atom. The first-order valence-corrected chi connectivity index (χ1v) is 11.3. The maximum absolute atomic E-state index is 12.5. The van der Waals surface area contributed by atoms with Crippen LogP contribution >= 0.6 is 11.3 Å². The van der Waals surface area contributed by atoms with Gasteiger partial charge in [0.05, 0.1) is 6.61 Å². The normalized spacial score (nSPS) is 10.9. The van der Waals surface area contributed by atoms with Crippen molar-refractivity contribution >= 4 is 28.5 Å². The van der Waals surface area contributed by atoms with Crippen molar-refractivity contribution in [2.24, 2.45) is 0 Å². The third-order valence-corrected chi connectivity index (χ3v) is 5.27. The van der Waals surface area contributed by atoms with Crippen molar-refractivity contribution in [3.8, 4) is 23.3 Å². The SMILES string of the molecule is CCOc1cc(/C=C(/C#N)C(=O)Nc2nnc(CC)s2)ccc1OCCOc1ccccc1. The van der Waals surface area contributed by atoms with Crippen LogP contribution in [0, 0.1) is 11.3 Å². The number of rotatable bonds is 11. The molecule has 33 heavy (non-hydrogen) atoms. The quantitative estimate of drug-likeness (QED) is 0.253. The third kappa shape index (κ3) is 7.05. The number of para-hydroxylation sites is 1. The predicted octanol–water partition coefficient (Wildman–Crippen LogP) is 4.50. The number of benzene rings is 2. The smallest absolute Gasteiger partial charge is 0.268 e.